The smallest absolute Gasteiger partial charge is 0.330 e. The first-order chi connectivity index (χ1) is 8.32. The van der Waals surface area contributed by atoms with E-state index in [2.05, 4.69) is 0 Å². The molecular weight excluding hydrogens is 287 g/mol. The molecule has 1 aromatic rings. The second kappa shape index (κ2) is 6.54. The molecule has 0 fully saturated rings. The van der Waals surface area contributed by atoms with E-state index >= 15 is 0 Å². The topological polar surface area (TPSA) is 43.1 Å². The molecule has 0 bridgehead atoms. The molecule has 1 aromatic carbocycles. The first-order valence-electron chi connectivity index (χ1n) is 5.19. The average Bonchev–Trinajstić information content (AvgIpc) is 2.27. The highest BCUT2D eigenvalue weighted by Gasteiger charge is 2.39. The van der Waals surface area contributed by atoms with Gasteiger partial charge in [0.25, 0.3) is 0 Å². The molecule has 7 heteroatoms. The van der Waals surface area contributed by atoms with Gasteiger partial charge in [-0.2, -0.15) is 13.2 Å². The quantitative estimate of drug-likeness (QED) is 0.908. The highest BCUT2D eigenvalue weighted by atomic mass is 35.5. The van der Waals surface area contributed by atoms with E-state index in [9.17, 15) is 17.4 Å². The summed E-state index contributed by atoms with van der Waals surface area (Å²) in [5.74, 6) is -2.11. The molecule has 102 valence electrons. The first-order valence-corrected chi connectivity index (χ1v) is 7.05. The van der Waals surface area contributed by atoms with Gasteiger partial charge in [0.15, 0.2) is 0 Å². The maximum Gasteiger partial charge on any atom is 0.393 e. The molecule has 0 aliphatic rings. The van der Waals surface area contributed by atoms with E-state index in [0.29, 0.717) is 10.6 Å². The fraction of sp³-hybridized carbons (Fsp3) is 0.455. The Bertz CT molecular complexity index is 408. The second-order valence-corrected chi connectivity index (χ2v) is 5.79. The Balaban J connectivity index is 2.58. The lowest BCUT2D eigenvalue weighted by molar-refractivity contribution is -0.165. The summed E-state index contributed by atoms with van der Waals surface area (Å²) in [4.78, 5) is 0. The molecule has 1 rings (SSSR count). The van der Waals surface area contributed by atoms with Gasteiger partial charge in [0.05, 0.1) is 5.92 Å². The maximum atomic E-state index is 12.4. The fourth-order valence-electron chi connectivity index (χ4n) is 1.35. The lowest BCUT2D eigenvalue weighted by atomic mass is 10.2. The van der Waals surface area contributed by atoms with Crippen molar-refractivity contribution >= 4 is 22.4 Å². The number of rotatable bonds is 5. The van der Waals surface area contributed by atoms with Crippen LogP contribution in [-0.4, -0.2) is 22.7 Å². The van der Waals surface area contributed by atoms with Crippen molar-refractivity contribution in [1.29, 1.82) is 0 Å². The largest absolute Gasteiger partial charge is 0.393 e. The van der Waals surface area contributed by atoms with Gasteiger partial charge in [0.2, 0.25) is 0 Å². The van der Waals surface area contributed by atoms with Crippen molar-refractivity contribution in [1.82, 2.24) is 0 Å². The molecule has 2 unspecified atom stereocenters. The maximum absolute atomic E-state index is 12.4. The van der Waals surface area contributed by atoms with E-state index in [4.69, 9.17) is 17.3 Å². The third-order valence-corrected chi connectivity index (χ3v) is 4.06. The van der Waals surface area contributed by atoms with Crippen LogP contribution in [0.2, 0.25) is 5.02 Å². The summed E-state index contributed by atoms with van der Waals surface area (Å²) < 4.78 is 49.0. The van der Waals surface area contributed by atoms with Crippen LogP contribution in [0.1, 0.15) is 5.56 Å². The van der Waals surface area contributed by atoms with Crippen molar-refractivity contribution in [2.45, 2.75) is 11.9 Å². The zero-order chi connectivity index (χ0) is 13.8. The number of nitrogens with two attached hydrogens (primary N) is 1. The van der Waals surface area contributed by atoms with Gasteiger partial charge in [0.1, 0.15) is 0 Å². The average molecular weight is 300 g/mol. The number of alkyl halides is 3. The van der Waals surface area contributed by atoms with E-state index in [1.807, 2.05) is 0 Å². The molecule has 0 aliphatic carbocycles. The fourth-order valence-corrected chi connectivity index (χ4v) is 2.93. The zero-order valence-corrected chi connectivity index (χ0v) is 11.0. The lowest BCUT2D eigenvalue weighted by Gasteiger charge is -2.17. The van der Waals surface area contributed by atoms with Crippen LogP contribution in [-0.2, 0) is 16.6 Å². The first kappa shape index (κ1) is 15.5. The molecular formula is C11H13ClF3NOS. The molecule has 2 N–H and O–H groups in total. The molecule has 0 aliphatic heterocycles. The van der Waals surface area contributed by atoms with Crippen molar-refractivity contribution in [2.24, 2.45) is 11.7 Å². The number of hydrogen-bond acceptors (Lipinski definition) is 2. The van der Waals surface area contributed by atoms with E-state index in [0.717, 1.165) is 0 Å². The van der Waals surface area contributed by atoms with Gasteiger partial charge in [-0.15, -0.1) is 0 Å². The predicted octanol–water partition coefficient (Wildman–Crippen LogP) is 2.73. The van der Waals surface area contributed by atoms with E-state index < -0.39 is 35.2 Å². The standard InChI is InChI=1S/C11H13ClF3NOS/c12-10-3-1-8(2-4-10)6-18(17)7-9(5-16)11(13,14)15/h1-4,9H,5-7,16H2. The summed E-state index contributed by atoms with van der Waals surface area (Å²) >= 11 is 5.67. The molecule has 0 saturated carbocycles. The molecule has 0 radical (unpaired) electrons. The van der Waals surface area contributed by atoms with Crippen LogP contribution in [0.15, 0.2) is 24.3 Å². The summed E-state index contributed by atoms with van der Waals surface area (Å²) in [6.07, 6.45) is -4.40. The van der Waals surface area contributed by atoms with Crippen molar-refractivity contribution < 1.29 is 17.4 Å². The Kier molecular flexibility index (Phi) is 5.62. The molecule has 2 nitrogen and oxygen atoms in total. The Morgan fingerprint density at radius 3 is 2.28 bits per heavy atom. The Labute approximate surface area is 111 Å². The number of benzene rings is 1. The molecule has 0 saturated heterocycles. The Hall–Kier alpha value is -0.590. The van der Waals surface area contributed by atoms with Gasteiger partial charge in [-0.05, 0) is 17.7 Å². The normalized spacial score (nSPS) is 15.4. The summed E-state index contributed by atoms with van der Waals surface area (Å²) in [5.41, 5.74) is 5.74. The van der Waals surface area contributed by atoms with Crippen molar-refractivity contribution in [3.63, 3.8) is 0 Å². The monoisotopic (exact) mass is 299 g/mol. The van der Waals surface area contributed by atoms with Gasteiger partial charge in [-0.3, -0.25) is 4.21 Å². The Morgan fingerprint density at radius 2 is 1.83 bits per heavy atom. The van der Waals surface area contributed by atoms with Gasteiger partial charge in [-0.1, -0.05) is 23.7 Å². The number of halogens is 4. The third-order valence-electron chi connectivity index (χ3n) is 2.38. The summed E-state index contributed by atoms with van der Waals surface area (Å²) in [5, 5.41) is 0.527. The van der Waals surface area contributed by atoms with Crippen LogP contribution < -0.4 is 5.73 Å². The molecule has 0 amide bonds. The van der Waals surface area contributed by atoms with Crippen molar-refractivity contribution in [2.75, 3.05) is 12.3 Å². The summed E-state index contributed by atoms with van der Waals surface area (Å²) in [6.45, 7) is -0.546. The van der Waals surface area contributed by atoms with Crippen LogP contribution in [0.3, 0.4) is 0 Å². The van der Waals surface area contributed by atoms with Gasteiger partial charge in [0, 0.05) is 33.9 Å². The molecule has 0 heterocycles. The van der Waals surface area contributed by atoms with Crippen LogP contribution >= 0.6 is 11.6 Å². The summed E-state index contributed by atoms with van der Waals surface area (Å²) in [7, 11) is -1.60. The second-order valence-electron chi connectivity index (χ2n) is 3.85. The van der Waals surface area contributed by atoms with E-state index in [1.54, 1.807) is 24.3 Å². The van der Waals surface area contributed by atoms with Gasteiger partial charge in [-0.25, -0.2) is 0 Å². The number of hydrogen-bond donors (Lipinski definition) is 1. The van der Waals surface area contributed by atoms with Crippen LogP contribution in [0.4, 0.5) is 13.2 Å². The minimum absolute atomic E-state index is 0.0732. The predicted molar refractivity (Wildman–Crippen MR) is 66.8 cm³/mol. The van der Waals surface area contributed by atoms with Gasteiger partial charge >= 0.3 is 6.18 Å². The minimum atomic E-state index is -4.40. The molecule has 2 atom stereocenters. The molecule has 0 spiro atoms. The van der Waals surface area contributed by atoms with Crippen LogP contribution in [0, 0.1) is 5.92 Å². The highest BCUT2D eigenvalue weighted by Crippen LogP contribution is 2.26. The zero-order valence-electron chi connectivity index (χ0n) is 9.41. The molecule has 0 aromatic heterocycles. The Morgan fingerprint density at radius 1 is 1.28 bits per heavy atom. The van der Waals surface area contributed by atoms with Gasteiger partial charge < -0.3 is 5.73 Å². The van der Waals surface area contributed by atoms with Crippen molar-refractivity contribution in [3.8, 4) is 0 Å². The highest BCUT2D eigenvalue weighted by molar-refractivity contribution is 7.84. The van der Waals surface area contributed by atoms with Crippen LogP contribution in [0.5, 0.6) is 0 Å². The van der Waals surface area contributed by atoms with Crippen molar-refractivity contribution in [3.05, 3.63) is 34.9 Å². The molecule has 18 heavy (non-hydrogen) atoms. The third kappa shape index (κ3) is 4.96. The van der Waals surface area contributed by atoms with E-state index in [1.165, 1.54) is 0 Å². The SMILES string of the molecule is NCC(CS(=O)Cc1ccc(Cl)cc1)C(F)(F)F. The summed E-state index contributed by atoms with van der Waals surface area (Å²) in [6, 6.07) is 6.51. The van der Waals surface area contributed by atoms with E-state index in [-0.39, 0.29) is 5.75 Å². The lowest BCUT2D eigenvalue weighted by Crippen LogP contribution is -2.34. The minimum Gasteiger partial charge on any atom is -0.330 e. The van der Waals surface area contributed by atoms with Crippen LogP contribution in [0.25, 0.3) is 0 Å².